The van der Waals surface area contributed by atoms with Gasteiger partial charge in [0.2, 0.25) is 11.8 Å². The fourth-order valence-corrected chi connectivity index (χ4v) is 4.78. The number of benzene rings is 3. The Labute approximate surface area is 224 Å². The summed E-state index contributed by atoms with van der Waals surface area (Å²) in [6.45, 7) is 7.09. The van der Waals surface area contributed by atoms with E-state index < -0.39 is 6.04 Å². The van der Waals surface area contributed by atoms with Gasteiger partial charge in [0.1, 0.15) is 6.04 Å². The minimum Gasteiger partial charge on any atom is -0.354 e. The van der Waals surface area contributed by atoms with E-state index >= 15 is 0 Å². The molecule has 0 unspecified atom stereocenters. The number of rotatable bonds is 12. The van der Waals surface area contributed by atoms with Crippen LogP contribution in [0.25, 0.3) is 0 Å². The molecule has 4 nitrogen and oxygen atoms in total. The lowest BCUT2D eigenvalue weighted by atomic mass is 10.0. The van der Waals surface area contributed by atoms with E-state index in [-0.39, 0.29) is 11.8 Å². The zero-order chi connectivity index (χ0) is 25.9. The van der Waals surface area contributed by atoms with Crippen LogP contribution in [0.3, 0.4) is 0 Å². The summed E-state index contributed by atoms with van der Waals surface area (Å²) < 4.78 is 0. The van der Waals surface area contributed by atoms with Crippen LogP contribution >= 0.6 is 23.4 Å². The number of hydrogen-bond acceptors (Lipinski definition) is 3. The van der Waals surface area contributed by atoms with Gasteiger partial charge in [0, 0.05) is 30.3 Å². The zero-order valence-electron chi connectivity index (χ0n) is 21.2. The van der Waals surface area contributed by atoms with E-state index in [4.69, 9.17) is 11.6 Å². The van der Waals surface area contributed by atoms with Crippen LogP contribution in [0.5, 0.6) is 0 Å². The van der Waals surface area contributed by atoms with E-state index in [0.29, 0.717) is 36.2 Å². The fraction of sp³-hybridized carbons (Fsp3) is 0.333. The summed E-state index contributed by atoms with van der Waals surface area (Å²) in [4.78, 5) is 28.8. The number of thioether (sulfide) groups is 1. The molecule has 6 heteroatoms. The molecule has 0 spiro atoms. The number of nitrogens with one attached hydrogen (secondary N) is 1. The first kappa shape index (κ1) is 27.8. The highest BCUT2D eigenvalue weighted by atomic mass is 35.5. The Balaban J connectivity index is 1.82. The summed E-state index contributed by atoms with van der Waals surface area (Å²) in [6.07, 6.45) is 0.451. The number of carbonyl (C=O) groups excluding carboxylic acids is 2. The molecule has 0 bridgehead atoms. The minimum atomic E-state index is -0.616. The topological polar surface area (TPSA) is 49.4 Å². The summed E-state index contributed by atoms with van der Waals surface area (Å²) in [6, 6.07) is 25.1. The Morgan fingerprint density at radius 2 is 1.53 bits per heavy atom. The van der Waals surface area contributed by atoms with Gasteiger partial charge < -0.3 is 10.2 Å². The van der Waals surface area contributed by atoms with Crippen molar-refractivity contribution in [2.24, 2.45) is 5.92 Å². The van der Waals surface area contributed by atoms with E-state index in [0.717, 1.165) is 16.9 Å². The Bertz CT molecular complexity index is 1100. The Kier molecular flexibility index (Phi) is 10.9. The van der Waals surface area contributed by atoms with Gasteiger partial charge in [-0.1, -0.05) is 97.7 Å². The average molecular weight is 523 g/mol. The van der Waals surface area contributed by atoms with Crippen molar-refractivity contribution in [1.29, 1.82) is 0 Å². The maximum absolute atomic E-state index is 13.6. The zero-order valence-corrected chi connectivity index (χ0v) is 22.8. The number of carbonyl (C=O) groups is 2. The molecule has 2 amide bonds. The summed E-state index contributed by atoms with van der Waals surface area (Å²) in [5.41, 5.74) is 4.35. The molecule has 0 aliphatic rings. The molecule has 190 valence electrons. The molecule has 3 rings (SSSR count). The van der Waals surface area contributed by atoms with Gasteiger partial charge >= 0.3 is 0 Å². The van der Waals surface area contributed by atoms with Crippen molar-refractivity contribution in [2.75, 3.05) is 12.3 Å². The van der Waals surface area contributed by atoms with Crippen LogP contribution in [-0.2, 0) is 28.3 Å². The second kappa shape index (κ2) is 14.1. The first-order chi connectivity index (χ1) is 17.3. The van der Waals surface area contributed by atoms with Crippen LogP contribution < -0.4 is 5.32 Å². The Morgan fingerprint density at radius 1 is 0.889 bits per heavy atom. The third kappa shape index (κ3) is 9.03. The molecule has 0 saturated heterocycles. The SMILES string of the molecule is Cc1ccc(CSCC(=O)N(Cc2ccc(Cl)cc2)[C@@H](Cc2ccccc2)C(=O)NCC(C)C)cc1. The number of nitrogens with zero attached hydrogens (tertiary/aromatic N) is 1. The highest BCUT2D eigenvalue weighted by Gasteiger charge is 2.30. The molecular weight excluding hydrogens is 488 g/mol. The van der Waals surface area contributed by atoms with Crippen LogP contribution in [0.4, 0.5) is 0 Å². The second-order valence-electron chi connectivity index (χ2n) is 9.47. The van der Waals surface area contributed by atoms with E-state index in [1.807, 2.05) is 54.6 Å². The molecule has 0 fully saturated rings. The van der Waals surface area contributed by atoms with Gasteiger partial charge in [0.15, 0.2) is 0 Å². The summed E-state index contributed by atoms with van der Waals surface area (Å²) >= 11 is 7.66. The largest absolute Gasteiger partial charge is 0.354 e. The van der Waals surface area contributed by atoms with Gasteiger partial charge in [-0.2, -0.15) is 0 Å². The molecule has 0 saturated carbocycles. The average Bonchev–Trinajstić information content (AvgIpc) is 2.87. The van der Waals surface area contributed by atoms with Gasteiger partial charge in [-0.05, 0) is 41.7 Å². The highest BCUT2D eigenvalue weighted by Crippen LogP contribution is 2.20. The Morgan fingerprint density at radius 3 is 2.17 bits per heavy atom. The van der Waals surface area contributed by atoms with Gasteiger partial charge in [-0.25, -0.2) is 0 Å². The molecule has 3 aromatic carbocycles. The van der Waals surface area contributed by atoms with Gasteiger partial charge in [-0.15, -0.1) is 11.8 Å². The van der Waals surface area contributed by atoms with Crippen molar-refractivity contribution in [3.05, 3.63) is 106 Å². The van der Waals surface area contributed by atoms with E-state index in [2.05, 4.69) is 50.4 Å². The lowest BCUT2D eigenvalue weighted by Crippen LogP contribution is -2.51. The molecule has 1 N–H and O–H groups in total. The normalized spacial score (nSPS) is 11.8. The van der Waals surface area contributed by atoms with Gasteiger partial charge in [0.25, 0.3) is 0 Å². The maximum atomic E-state index is 13.6. The minimum absolute atomic E-state index is 0.0531. The summed E-state index contributed by atoms with van der Waals surface area (Å²) in [5, 5.41) is 3.70. The van der Waals surface area contributed by atoms with Crippen molar-refractivity contribution in [3.63, 3.8) is 0 Å². The molecule has 1 atom stereocenters. The summed E-state index contributed by atoms with van der Waals surface area (Å²) in [5.74, 6) is 1.17. The number of aryl methyl sites for hydroxylation is 1. The van der Waals surface area contributed by atoms with Crippen molar-refractivity contribution in [3.8, 4) is 0 Å². The first-order valence-electron chi connectivity index (χ1n) is 12.3. The third-order valence-electron chi connectivity index (χ3n) is 5.84. The molecular formula is C30H35ClN2O2S. The monoisotopic (exact) mass is 522 g/mol. The molecule has 0 aliphatic heterocycles. The van der Waals surface area contributed by atoms with Crippen LogP contribution in [0, 0.1) is 12.8 Å². The lowest BCUT2D eigenvalue weighted by Gasteiger charge is -2.32. The molecule has 0 aliphatic carbocycles. The summed E-state index contributed by atoms with van der Waals surface area (Å²) in [7, 11) is 0. The lowest BCUT2D eigenvalue weighted by molar-refractivity contribution is -0.139. The van der Waals surface area contributed by atoms with Gasteiger partial charge in [0.05, 0.1) is 5.75 Å². The van der Waals surface area contributed by atoms with E-state index in [9.17, 15) is 9.59 Å². The van der Waals surface area contributed by atoms with Crippen LogP contribution in [0.15, 0.2) is 78.9 Å². The van der Waals surface area contributed by atoms with Crippen molar-refractivity contribution in [2.45, 2.75) is 45.5 Å². The van der Waals surface area contributed by atoms with E-state index in [1.165, 1.54) is 11.1 Å². The third-order valence-corrected chi connectivity index (χ3v) is 7.08. The second-order valence-corrected chi connectivity index (χ2v) is 10.9. The van der Waals surface area contributed by atoms with Crippen molar-refractivity contribution in [1.82, 2.24) is 10.2 Å². The number of hydrogen-bond donors (Lipinski definition) is 1. The van der Waals surface area contributed by atoms with Crippen LogP contribution in [-0.4, -0.2) is 35.1 Å². The van der Waals surface area contributed by atoms with E-state index in [1.54, 1.807) is 16.7 Å². The van der Waals surface area contributed by atoms with Gasteiger partial charge in [-0.3, -0.25) is 9.59 Å². The highest BCUT2D eigenvalue weighted by molar-refractivity contribution is 7.99. The fourth-order valence-electron chi connectivity index (χ4n) is 3.79. The van der Waals surface area contributed by atoms with Crippen LogP contribution in [0.2, 0.25) is 5.02 Å². The Hall–Kier alpha value is -2.76. The van der Waals surface area contributed by atoms with Crippen molar-refractivity contribution < 1.29 is 9.59 Å². The predicted octanol–water partition coefficient (Wildman–Crippen LogP) is 6.29. The molecule has 0 radical (unpaired) electrons. The number of halogens is 1. The maximum Gasteiger partial charge on any atom is 0.243 e. The molecule has 0 heterocycles. The standard InChI is InChI=1S/C30H35ClN2O2S/c1-22(2)18-32-30(35)28(17-24-7-5-4-6-8-24)33(19-25-13-15-27(31)16-14-25)29(34)21-36-20-26-11-9-23(3)10-12-26/h4-16,22,28H,17-21H2,1-3H3,(H,32,35)/t28-/m0/s1. The predicted molar refractivity (Wildman–Crippen MR) is 151 cm³/mol. The smallest absolute Gasteiger partial charge is 0.243 e. The molecule has 3 aromatic rings. The molecule has 0 aromatic heterocycles. The van der Waals surface area contributed by atoms with Crippen molar-refractivity contribution >= 4 is 35.2 Å². The molecule has 36 heavy (non-hydrogen) atoms. The number of amides is 2. The quantitative estimate of drug-likeness (QED) is 0.304. The first-order valence-corrected chi connectivity index (χ1v) is 13.8. The van der Waals surface area contributed by atoms with Crippen LogP contribution in [0.1, 0.15) is 36.1 Å².